The SMILES string of the molecule is CC[C@@H]1CN(C(=O)c2cc([N+](=O)[O-])ccc2N)CCN1CC(F)F. The third kappa shape index (κ3) is 3.97. The largest absolute Gasteiger partial charge is 0.398 e. The number of hydrogen-bond acceptors (Lipinski definition) is 5. The summed E-state index contributed by atoms with van der Waals surface area (Å²) >= 11 is 0. The molecular weight excluding hydrogens is 322 g/mol. The van der Waals surface area contributed by atoms with Gasteiger partial charge < -0.3 is 10.6 Å². The maximum absolute atomic E-state index is 12.6. The van der Waals surface area contributed by atoms with E-state index < -0.39 is 17.3 Å². The number of hydrogen-bond donors (Lipinski definition) is 1. The van der Waals surface area contributed by atoms with Crippen LogP contribution in [0, 0.1) is 10.1 Å². The number of nitrogens with zero attached hydrogens (tertiary/aromatic N) is 3. The zero-order valence-corrected chi connectivity index (χ0v) is 13.3. The van der Waals surface area contributed by atoms with Gasteiger partial charge in [-0.25, -0.2) is 8.78 Å². The number of rotatable bonds is 5. The van der Waals surface area contributed by atoms with Crippen LogP contribution in [0.3, 0.4) is 0 Å². The predicted molar refractivity (Wildman–Crippen MR) is 85.1 cm³/mol. The van der Waals surface area contributed by atoms with Crippen molar-refractivity contribution in [1.82, 2.24) is 9.80 Å². The maximum atomic E-state index is 12.6. The standard InChI is InChI=1S/C15H20F2N4O3/c1-2-10-8-20(6-5-19(10)9-14(16)17)15(22)12-7-11(21(23)24)3-4-13(12)18/h3-4,7,10,14H,2,5-6,8-9,18H2,1H3/t10-/m1/s1. The molecule has 0 saturated carbocycles. The van der Waals surface area contributed by atoms with E-state index in [-0.39, 0.29) is 36.1 Å². The lowest BCUT2D eigenvalue weighted by molar-refractivity contribution is -0.384. The Hall–Kier alpha value is -2.29. The fourth-order valence-corrected chi connectivity index (χ4v) is 2.90. The van der Waals surface area contributed by atoms with Crippen molar-refractivity contribution in [3.63, 3.8) is 0 Å². The highest BCUT2D eigenvalue weighted by Crippen LogP contribution is 2.23. The molecule has 132 valence electrons. The molecule has 1 fully saturated rings. The molecule has 0 aromatic heterocycles. The van der Waals surface area contributed by atoms with Crippen molar-refractivity contribution in [3.8, 4) is 0 Å². The number of anilines is 1. The molecule has 1 aromatic carbocycles. The van der Waals surface area contributed by atoms with E-state index in [4.69, 9.17) is 5.73 Å². The van der Waals surface area contributed by atoms with Crippen molar-refractivity contribution in [1.29, 1.82) is 0 Å². The second-order valence-corrected chi connectivity index (χ2v) is 5.73. The average molecular weight is 342 g/mol. The monoisotopic (exact) mass is 342 g/mol. The number of amides is 1. The fourth-order valence-electron chi connectivity index (χ4n) is 2.90. The Morgan fingerprint density at radius 3 is 2.75 bits per heavy atom. The zero-order valence-electron chi connectivity index (χ0n) is 13.3. The summed E-state index contributed by atoms with van der Waals surface area (Å²) in [5, 5.41) is 10.9. The van der Waals surface area contributed by atoms with Crippen molar-refractivity contribution in [3.05, 3.63) is 33.9 Å². The first-order valence-electron chi connectivity index (χ1n) is 7.68. The summed E-state index contributed by atoms with van der Waals surface area (Å²) in [4.78, 5) is 26.1. The number of benzene rings is 1. The molecule has 0 bridgehead atoms. The van der Waals surface area contributed by atoms with Gasteiger partial charge in [0.2, 0.25) is 0 Å². The third-order valence-electron chi connectivity index (χ3n) is 4.21. The van der Waals surface area contributed by atoms with E-state index in [0.717, 1.165) is 6.07 Å². The van der Waals surface area contributed by atoms with Crippen LogP contribution in [0.25, 0.3) is 0 Å². The lowest BCUT2D eigenvalue weighted by Crippen LogP contribution is -2.55. The molecule has 24 heavy (non-hydrogen) atoms. The summed E-state index contributed by atoms with van der Waals surface area (Å²) in [7, 11) is 0. The Morgan fingerprint density at radius 2 is 2.17 bits per heavy atom. The molecule has 9 heteroatoms. The molecule has 0 spiro atoms. The molecule has 1 heterocycles. The van der Waals surface area contributed by atoms with Gasteiger partial charge in [-0.1, -0.05) is 6.92 Å². The van der Waals surface area contributed by atoms with Gasteiger partial charge >= 0.3 is 0 Å². The van der Waals surface area contributed by atoms with Crippen molar-refractivity contribution < 1.29 is 18.5 Å². The number of nitro benzene ring substituents is 1. The van der Waals surface area contributed by atoms with Crippen molar-refractivity contribution in [2.75, 3.05) is 31.9 Å². The minimum Gasteiger partial charge on any atom is -0.398 e. The minimum atomic E-state index is -2.42. The molecule has 1 saturated heterocycles. The van der Waals surface area contributed by atoms with E-state index >= 15 is 0 Å². The summed E-state index contributed by atoms with van der Waals surface area (Å²) in [6.07, 6.45) is -1.80. The molecule has 1 aromatic rings. The van der Waals surface area contributed by atoms with Crippen LogP contribution in [0.4, 0.5) is 20.2 Å². The van der Waals surface area contributed by atoms with Crippen LogP contribution in [0.5, 0.6) is 0 Å². The number of nitrogen functional groups attached to an aromatic ring is 1. The second-order valence-electron chi connectivity index (χ2n) is 5.73. The first-order valence-corrected chi connectivity index (χ1v) is 7.68. The molecule has 1 atom stereocenters. The van der Waals surface area contributed by atoms with Crippen molar-refractivity contribution >= 4 is 17.3 Å². The highest BCUT2D eigenvalue weighted by Gasteiger charge is 2.31. The molecule has 0 aliphatic carbocycles. The maximum Gasteiger partial charge on any atom is 0.270 e. The van der Waals surface area contributed by atoms with Gasteiger partial charge in [0.05, 0.1) is 17.0 Å². The molecule has 1 amide bonds. The molecule has 0 radical (unpaired) electrons. The summed E-state index contributed by atoms with van der Waals surface area (Å²) < 4.78 is 25.2. The summed E-state index contributed by atoms with van der Waals surface area (Å²) in [5.74, 6) is -0.411. The Bertz CT molecular complexity index is 627. The lowest BCUT2D eigenvalue weighted by atomic mass is 10.1. The quantitative estimate of drug-likeness (QED) is 0.502. The summed E-state index contributed by atoms with van der Waals surface area (Å²) in [6, 6.07) is 3.55. The molecule has 7 nitrogen and oxygen atoms in total. The number of carbonyl (C=O) groups is 1. The zero-order chi connectivity index (χ0) is 17.9. The Balaban J connectivity index is 2.16. The van der Waals surface area contributed by atoms with E-state index in [1.54, 1.807) is 4.90 Å². The van der Waals surface area contributed by atoms with Gasteiger partial charge in [0.1, 0.15) is 0 Å². The highest BCUT2D eigenvalue weighted by atomic mass is 19.3. The van der Waals surface area contributed by atoms with Gasteiger partial charge in [0.15, 0.2) is 0 Å². The molecule has 1 aliphatic heterocycles. The number of alkyl halides is 2. The van der Waals surface area contributed by atoms with Gasteiger partial charge in [-0.2, -0.15) is 0 Å². The molecule has 2 rings (SSSR count). The van der Waals surface area contributed by atoms with Crippen LogP contribution < -0.4 is 5.73 Å². The number of non-ortho nitro benzene ring substituents is 1. The van der Waals surface area contributed by atoms with Crippen LogP contribution in [0.2, 0.25) is 0 Å². The van der Waals surface area contributed by atoms with E-state index in [1.165, 1.54) is 17.0 Å². The number of nitro groups is 1. The molecular formula is C15H20F2N4O3. The number of halogens is 2. The Labute approximate surface area is 138 Å². The Morgan fingerprint density at radius 1 is 1.46 bits per heavy atom. The van der Waals surface area contributed by atoms with Crippen LogP contribution in [0.15, 0.2) is 18.2 Å². The first-order chi connectivity index (χ1) is 11.3. The molecule has 2 N–H and O–H groups in total. The highest BCUT2D eigenvalue weighted by molar-refractivity contribution is 5.99. The first kappa shape index (κ1) is 18.1. The predicted octanol–water partition coefficient (Wildman–Crippen LogP) is 1.98. The molecule has 0 unspecified atom stereocenters. The van der Waals surface area contributed by atoms with E-state index in [0.29, 0.717) is 19.5 Å². The van der Waals surface area contributed by atoms with Gasteiger partial charge in [0.25, 0.3) is 18.0 Å². The van der Waals surface area contributed by atoms with E-state index in [1.807, 2.05) is 6.92 Å². The summed E-state index contributed by atoms with van der Waals surface area (Å²) in [5.41, 5.74) is 5.80. The van der Waals surface area contributed by atoms with E-state index in [9.17, 15) is 23.7 Å². The third-order valence-corrected chi connectivity index (χ3v) is 4.21. The minimum absolute atomic E-state index is 0.0707. The van der Waals surface area contributed by atoms with Crippen molar-refractivity contribution in [2.24, 2.45) is 0 Å². The van der Waals surface area contributed by atoms with E-state index in [2.05, 4.69) is 0 Å². The van der Waals surface area contributed by atoms with Gasteiger partial charge in [-0.15, -0.1) is 0 Å². The number of nitrogens with two attached hydrogens (primary N) is 1. The normalized spacial score (nSPS) is 18.8. The topological polar surface area (TPSA) is 92.7 Å². The van der Waals surface area contributed by atoms with Crippen LogP contribution >= 0.6 is 0 Å². The van der Waals surface area contributed by atoms with Crippen molar-refractivity contribution in [2.45, 2.75) is 25.8 Å². The van der Waals surface area contributed by atoms with Crippen LogP contribution in [-0.2, 0) is 0 Å². The lowest BCUT2D eigenvalue weighted by Gasteiger charge is -2.41. The second kappa shape index (κ2) is 7.52. The molecule has 1 aliphatic rings. The van der Waals surface area contributed by atoms with Crippen LogP contribution in [-0.4, -0.2) is 59.3 Å². The van der Waals surface area contributed by atoms with Gasteiger partial charge in [-0.3, -0.25) is 19.8 Å². The van der Waals surface area contributed by atoms with Gasteiger partial charge in [0, 0.05) is 43.5 Å². The summed E-state index contributed by atoms with van der Waals surface area (Å²) in [6.45, 7) is 2.47. The number of carbonyl (C=O) groups excluding carboxylic acids is 1. The number of piperazine rings is 1. The van der Waals surface area contributed by atoms with Gasteiger partial charge in [-0.05, 0) is 12.5 Å². The average Bonchev–Trinajstić information content (AvgIpc) is 2.54. The Kier molecular flexibility index (Phi) is 5.66. The smallest absolute Gasteiger partial charge is 0.270 e. The van der Waals surface area contributed by atoms with Crippen LogP contribution in [0.1, 0.15) is 23.7 Å². The fraction of sp³-hybridized carbons (Fsp3) is 0.533.